The van der Waals surface area contributed by atoms with Gasteiger partial charge in [0.15, 0.2) is 0 Å². The fourth-order valence-electron chi connectivity index (χ4n) is 2.09. The smallest absolute Gasteiger partial charge is 0.410 e. The Kier molecular flexibility index (Phi) is 5.84. The summed E-state index contributed by atoms with van der Waals surface area (Å²) in [5.41, 5.74) is -0.477. The summed E-state index contributed by atoms with van der Waals surface area (Å²) in [6, 6.07) is 0.0576. The molecule has 2 amide bonds. The lowest BCUT2D eigenvalue weighted by molar-refractivity contribution is -0.122. The second kappa shape index (κ2) is 6.95. The number of nitrogens with one attached hydrogen (secondary N) is 1. The molecule has 1 heterocycles. The number of nitrogens with zero attached hydrogens (tertiary/aromatic N) is 1. The number of ether oxygens (including phenoxy) is 1. The Bertz CT molecular complexity index is 348. The third-order valence-corrected chi connectivity index (χ3v) is 3.15. The molecule has 0 radical (unpaired) electrons. The van der Waals surface area contributed by atoms with E-state index in [4.69, 9.17) is 4.74 Å². The van der Waals surface area contributed by atoms with E-state index in [1.807, 2.05) is 20.8 Å². The van der Waals surface area contributed by atoms with E-state index in [-0.39, 0.29) is 18.0 Å². The molecule has 0 aromatic heterocycles. The van der Waals surface area contributed by atoms with E-state index in [1.165, 1.54) is 0 Å². The highest BCUT2D eigenvalue weighted by atomic mass is 16.6. The van der Waals surface area contributed by atoms with Crippen LogP contribution in [-0.4, -0.2) is 41.6 Å². The van der Waals surface area contributed by atoms with E-state index in [2.05, 4.69) is 19.2 Å². The molecule has 0 bridgehead atoms. The van der Waals surface area contributed by atoms with Crippen LogP contribution in [0, 0.1) is 5.92 Å². The number of carbonyl (C=O) groups is 2. The summed E-state index contributed by atoms with van der Waals surface area (Å²) in [5.74, 6) is 0.609. The van der Waals surface area contributed by atoms with Crippen molar-refractivity contribution in [3.8, 4) is 0 Å². The molecule has 0 spiro atoms. The van der Waals surface area contributed by atoms with E-state index in [0.29, 0.717) is 25.4 Å². The van der Waals surface area contributed by atoms with Crippen molar-refractivity contribution in [3.05, 3.63) is 0 Å². The predicted molar refractivity (Wildman–Crippen MR) is 78.4 cm³/mol. The van der Waals surface area contributed by atoms with Gasteiger partial charge >= 0.3 is 6.09 Å². The molecule has 1 aliphatic rings. The fraction of sp³-hybridized carbons (Fsp3) is 0.867. The maximum Gasteiger partial charge on any atom is 0.410 e. The van der Waals surface area contributed by atoms with Crippen LogP contribution in [0.15, 0.2) is 0 Å². The van der Waals surface area contributed by atoms with Crippen molar-refractivity contribution < 1.29 is 14.3 Å². The van der Waals surface area contributed by atoms with Crippen LogP contribution in [0.1, 0.15) is 53.9 Å². The number of hydrogen-bond acceptors (Lipinski definition) is 3. The Morgan fingerprint density at radius 1 is 1.35 bits per heavy atom. The Balaban J connectivity index is 2.32. The lowest BCUT2D eigenvalue weighted by Crippen LogP contribution is -2.40. The minimum absolute atomic E-state index is 0.0576. The van der Waals surface area contributed by atoms with Crippen LogP contribution in [0.5, 0.6) is 0 Å². The van der Waals surface area contributed by atoms with E-state index in [1.54, 1.807) is 4.90 Å². The molecule has 1 aliphatic heterocycles. The van der Waals surface area contributed by atoms with E-state index < -0.39 is 5.60 Å². The molecule has 1 saturated heterocycles. The van der Waals surface area contributed by atoms with Gasteiger partial charge in [0.2, 0.25) is 5.91 Å². The molecule has 0 aromatic carbocycles. The van der Waals surface area contributed by atoms with Crippen LogP contribution >= 0.6 is 0 Å². The van der Waals surface area contributed by atoms with Gasteiger partial charge in [-0.05, 0) is 39.5 Å². The molecule has 5 nitrogen and oxygen atoms in total. The summed E-state index contributed by atoms with van der Waals surface area (Å²) in [5, 5.41) is 2.99. The third kappa shape index (κ3) is 6.26. The van der Waals surface area contributed by atoms with Crippen molar-refractivity contribution in [3.63, 3.8) is 0 Å². The number of carbonyl (C=O) groups excluding carboxylic acids is 2. The Morgan fingerprint density at radius 3 is 2.55 bits per heavy atom. The minimum atomic E-state index is -0.477. The number of rotatable bonds is 4. The van der Waals surface area contributed by atoms with Crippen molar-refractivity contribution >= 4 is 12.0 Å². The van der Waals surface area contributed by atoms with Crippen LogP contribution < -0.4 is 5.32 Å². The maximum absolute atomic E-state index is 11.9. The first-order valence-corrected chi connectivity index (χ1v) is 7.44. The van der Waals surface area contributed by atoms with Gasteiger partial charge in [0.25, 0.3) is 0 Å². The summed E-state index contributed by atoms with van der Waals surface area (Å²) >= 11 is 0. The van der Waals surface area contributed by atoms with Crippen molar-refractivity contribution in [2.75, 3.05) is 13.1 Å². The van der Waals surface area contributed by atoms with Gasteiger partial charge in [0.1, 0.15) is 5.60 Å². The summed E-state index contributed by atoms with van der Waals surface area (Å²) in [6.07, 6.45) is 1.96. The zero-order valence-corrected chi connectivity index (χ0v) is 13.4. The molecule has 1 rings (SSSR count). The topological polar surface area (TPSA) is 58.6 Å². The average molecular weight is 284 g/mol. The van der Waals surface area contributed by atoms with Crippen LogP contribution in [0.2, 0.25) is 0 Å². The van der Waals surface area contributed by atoms with E-state index >= 15 is 0 Å². The van der Waals surface area contributed by atoms with Crippen LogP contribution in [0.25, 0.3) is 0 Å². The molecular formula is C15H28N2O3. The lowest BCUT2D eigenvalue weighted by atomic mass is 10.1. The standard InChI is InChI=1S/C15H28N2O3/c1-11(2)6-7-13(18)16-12-8-9-17(10-12)14(19)20-15(3,4)5/h11-12H,6-10H2,1-5H3,(H,16,18)/t12-/m0/s1. The van der Waals surface area contributed by atoms with E-state index in [9.17, 15) is 9.59 Å². The third-order valence-electron chi connectivity index (χ3n) is 3.15. The highest BCUT2D eigenvalue weighted by Crippen LogP contribution is 2.15. The summed E-state index contributed by atoms with van der Waals surface area (Å²) < 4.78 is 5.33. The molecule has 5 heteroatoms. The molecule has 116 valence electrons. The second-order valence-electron chi connectivity index (χ2n) is 6.91. The molecule has 20 heavy (non-hydrogen) atoms. The molecule has 1 atom stereocenters. The predicted octanol–water partition coefficient (Wildman–Crippen LogP) is 2.55. The highest BCUT2D eigenvalue weighted by Gasteiger charge is 2.30. The first-order chi connectivity index (χ1) is 9.17. The minimum Gasteiger partial charge on any atom is -0.444 e. The Labute approximate surface area is 122 Å². The van der Waals surface area contributed by atoms with Crippen LogP contribution in [-0.2, 0) is 9.53 Å². The normalized spacial score (nSPS) is 19.3. The fourth-order valence-corrected chi connectivity index (χ4v) is 2.09. The molecule has 0 saturated carbocycles. The summed E-state index contributed by atoms with van der Waals surface area (Å²) in [7, 11) is 0. The molecule has 0 aromatic rings. The van der Waals surface area contributed by atoms with E-state index in [0.717, 1.165) is 12.8 Å². The van der Waals surface area contributed by atoms with Gasteiger partial charge in [0.05, 0.1) is 0 Å². The second-order valence-corrected chi connectivity index (χ2v) is 6.91. The van der Waals surface area contributed by atoms with Crippen molar-refractivity contribution in [2.24, 2.45) is 5.92 Å². The molecule has 0 aliphatic carbocycles. The van der Waals surface area contributed by atoms with Crippen LogP contribution in [0.4, 0.5) is 4.79 Å². The summed E-state index contributed by atoms with van der Waals surface area (Å²) in [4.78, 5) is 25.3. The Hall–Kier alpha value is -1.26. The molecular weight excluding hydrogens is 256 g/mol. The highest BCUT2D eigenvalue weighted by molar-refractivity contribution is 5.76. The van der Waals surface area contributed by atoms with Gasteiger partial charge in [-0.1, -0.05) is 13.8 Å². The quantitative estimate of drug-likeness (QED) is 0.863. The Morgan fingerprint density at radius 2 is 2.00 bits per heavy atom. The first kappa shape index (κ1) is 16.8. The van der Waals surface area contributed by atoms with Gasteiger partial charge in [0, 0.05) is 25.6 Å². The van der Waals surface area contributed by atoms with Crippen LogP contribution in [0.3, 0.4) is 0 Å². The van der Waals surface area contributed by atoms with Crippen molar-refractivity contribution in [1.82, 2.24) is 10.2 Å². The van der Waals surface area contributed by atoms with Gasteiger partial charge in [-0.3, -0.25) is 4.79 Å². The SMILES string of the molecule is CC(C)CCC(=O)N[C@H]1CCN(C(=O)OC(C)(C)C)C1. The van der Waals surface area contributed by atoms with Gasteiger partial charge in [-0.25, -0.2) is 4.79 Å². The van der Waals surface area contributed by atoms with Gasteiger partial charge < -0.3 is 15.0 Å². The molecule has 1 fully saturated rings. The van der Waals surface area contributed by atoms with Gasteiger partial charge in [-0.15, -0.1) is 0 Å². The number of likely N-dealkylation sites (tertiary alicyclic amines) is 1. The zero-order valence-electron chi connectivity index (χ0n) is 13.4. The van der Waals surface area contributed by atoms with Crippen molar-refractivity contribution in [1.29, 1.82) is 0 Å². The van der Waals surface area contributed by atoms with Crippen molar-refractivity contribution in [2.45, 2.75) is 65.5 Å². The first-order valence-electron chi connectivity index (χ1n) is 7.44. The molecule has 1 N–H and O–H groups in total. The summed E-state index contributed by atoms with van der Waals surface area (Å²) in [6.45, 7) is 11.0. The zero-order chi connectivity index (χ0) is 15.3. The molecule has 0 unspecified atom stereocenters. The monoisotopic (exact) mass is 284 g/mol. The largest absolute Gasteiger partial charge is 0.444 e. The average Bonchev–Trinajstić information content (AvgIpc) is 2.72. The lowest BCUT2D eigenvalue weighted by Gasteiger charge is -2.24. The number of amides is 2. The number of hydrogen-bond donors (Lipinski definition) is 1. The van der Waals surface area contributed by atoms with Gasteiger partial charge in [-0.2, -0.15) is 0 Å². The maximum atomic E-state index is 11.9.